The van der Waals surface area contributed by atoms with E-state index in [1.54, 1.807) is 0 Å². The normalized spacial score (nSPS) is 12.7. The second-order valence-electron chi connectivity index (χ2n) is 5.26. The van der Waals surface area contributed by atoms with Crippen molar-refractivity contribution in [2.24, 2.45) is 5.92 Å². The number of para-hydroxylation sites is 1. The van der Waals surface area contributed by atoms with Crippen LogP contribution >= 0.6 is 11.6 Å². The predicted octanol–water partition coefficient (Wildman–Crippen LogP) is 4.37. The van der Waals surface area contributed by atoms with E-state index in [9.17, 15) is 0 Å². The molecule has 0 radical (unpaired) electrons. The Morgan fingerprint density at radius 3 is 2.85 bits per heavy atom. The van der Waals surface area contributed by atoms with Crippen LogP contribution in [0.25, 0.3) is 10.9 Å². The molecule has 0 fully saturated rings. The molecule has 0 spiro atoms. The number of alkyl halides is 1. The molecular weight excluding hydrogens is 268 g/mol. The Morgan fingerprint density at radius 2 is 2.05 bits per heavy atom. The third-order valence-corrected chi connectivity index (χ3v) is 3.90. The number of hydrogen-bond acceptors (Lipinski definition) is 2. The van der Waals surface area contributed by atoms with E-state index < -0.39 is 0 Å². The lowest BCUT2D eigenvalue weighted by Gasteiger charge is -2.16. The number of nitrogens with zero attached hydrogens (tertiary/aromatic N) is 1. The van der Waals surface area contributed by atoms with Crippen LogP contribution in [0.4, 0.5) is 0 Å². The highest BCUT2D eigenvalue weighted by atomic mass is 35.5. The van der Waals surface area contributed by atoms with E-state index in [-0.39, 0.29) is 0 Å². The highest BCUT2D eigenvalue weighted by molar-refractivity contribution is 6.17. The van der Waals surface area contributed by atoms with Crippen LogP contribution in [0.2, 0.25) is 0 Å². The fourth-order valence-corrected chi connectivity index (χ4v) is 2.94. The summed E-state index contributed by atoms with van der Waals surface area (Å²) in [5.74, 6) is 1.43. The zero-order valence-electron chi connectivity index (χ0n) is 12.1. The minimum atomic E-state index is 0.681. The van der Waals surface area contributed by atoms with E-state index in [2.05, 4.69) is 41.5 Å². The lowest BCUT2D eigenvalue weighted by Crippen LogP contribution is -2.23. The van der Waals surface area contributed by atoms with Crippen molar-refractivity contribution in [2.75, 3.05) is 12.4 Å². The van der Waals surface area contributed by atoms with Crippen molar-refractivity contribution in [3.63, 3.8) is 0 Å². The standard InChI is InChI=1S/C17H23ClN2/c1-2-5-14(9-10-18)12-19-13-16-7-3-6-15-8-4-11-20-17(15)16/h3-4,6-8,11,14,19H,2,5,9-10,12-13H2,1H3. The zero-order chi connectivity index (χ0) is 14.2. The van der Waals surface area contributed by atoms with Gasteiger partial charge in [-0.2, -0.15) is 0 Å². The summed E-state index contributed by atoms with van der Waals surface area (Å²) in [6.07, 6.45) is 5.42. The Labute approximate surface area is 126 Å². The maximum absolute atomic E-state index is 5.87. The Morgan fingerprint density at radius 1 is 1.20 bits per heavy atom. The minimum Gasteiger partial charge on any atom is -0.312 e. The summed E-state index contributed by atoms with van der Waals surface area (Å²) >= 11 is 5.87. The molecule has 2 nitrogen and oxygen atoms in total. The summed E-state index contributed by atoms with van der Waals surface area (Å²) in [6.45, 7) is 4.14. The fourth-order valence-electron chi connectivity index (χ4n) is 2.63. The van der Waals surface area contributed by atoms with Crippen molar-refractivity contribution < 1.29 is 0 Å². The lowest BCUT2D eigenvalue weighted by molar-refractivity contribution is 0.431. The van der Waals surface area contributed by atoms with E-state index in [1.165, 1.54) is 23.8 Å². The van der Waals surface area contributed by atoms with Crippen LogP contribution in [0, 0.1) is 5.92 Å². The molecule has 1 aromatic heterocycles. The highest BCUT2D eigenvalue weighted by Gasteiger charge is 2.07. The molecule has 0 aliphatic heterocycles. The number of nitrogens with one attached hydrogen (secondary N) is 1. The quantitative estimate of drug-likeness (QED) is 0.730. The largest absolute Gasteiger partial charge is 0.312 e. The molecule has 2 aromatic rings. The second kappa shape index (κ2) is 8.23. The van der Waals surface area contributed by atoms with Gasteiger partial charge in [0.1, 0.15) is 0 Å². The van der Waals surface area contributed by atoms with Gasteiger partial charge in [0.2, 0.25) is 0 Å². The average molecular weight is 291 g/mol. The first kappa shape index (κ1) is 15.3. The summed E-state index contributed by atoms with van der Waals surface area (Å²) in [7, 11) is 0. The molecule has 1 aromatic carbocycles. The van der Waals surface area contributed by atoms with Crippen LogP contribution in [0.3, 0.4) is 0 Å². The smallest absolute Gasteiger partial charge is 0.0746 e. The van der Waals surface area contributed by atoms with Gasteiger partial charge in [0, 0.05) is 24.0 Å². The van der Waals surface area contributed by atoms with Crippen molar-refractivity contribution >= 4 is 22.5 Å². The van der Waals surface area contributed by atoms with E-state index in [4.69, 9.17) is 11.6 Å². The van der Waals surface area contributed by atoms with Crippen LogP contribution in [-0.4, -0.2) is 17.4 Å². The van der Waals surface area contributed by atoms with Gasteiger partial charge in [-0.05, 0) is 36.9 Å². The molecule has 2 rings (SSSR count). The summed E-state index contributed by atoms with van der Waals surface area (Å²) in [6, 6.07) is 10.5. The van der Waals surface area contributed by atoms with Gasteiger partial charge < -0.3 is 5.32 Å². The van der Waals surface area contributed by atoms with Gasteiger partial charge in [0.15, 0.2) is 0 Å². The number of aromatic nitrogens is 1. The molecule has 0 saturated heterocycles. The molecule has 0 aliphatic carbocycles. The number of halogens is 1. The Balaban J connectivity index is 1.95. The number of hydrogen-bond donors (Lipinski definition) is 1. The second-order valence-corrected chi connectivity index (χ2v) is 5.63. The Bertz CT molecular complexity index is 516. The summed E-state index contributed by atoms with van der Waals surface area (Å²) in [5, 5.41) is 4.77. The predicted molar refractivity (Wildman–Crippen MR) is 87.2 cm³/mol. The molecule has 1 unspecified atom stereocenters. The monoisotopic (exact) mass is 290 g/mol. The third-order valence-electron chi connectivity index (χ3n) is 3.68. The maximum Gasteiger partial charge on any atom is 0.0746 e. The summed E-state index contributed by atoms with van der Waals surface area (Å²) in [5.41, 5.74) is 2.37. The van der Waals surface area contributed by atoms with Gasteiger partial charge in [0.25, 0.3) is 0 Å². The van der Waals surface area contributed by atoms with Crippen LogP contribution in [-0.2, 0) is 6.54 Å². The van der Waals surface area contributed by atoms with E-state index in [0.29, 0.717) is 5.92 Å². The third kappa shape index (κ3) is 4.19. The minimum absolute atomic E-state index is 0.681. The molecule has 108 valence electrons. The van der Waals surface area contributed by atoms with Crippen molar-refractivity contribution in [3.05, 3.63) is 42.1 Å². The molecule has 1 heterocycles. The fraction of sp³-hybridized carbons (Fsp3) is 0.471. The van der Waals surface area contributed by atoms with E-state index in [0.717, 1.165) is 30.9 Å². The van der Waals surface area contributed by atoms with Crippen LogP contribution in [0.1, 0.15) is 31.7 Å². The molecule has 1 atom stereocenters. The van der Waals surface area contributed by atoms with Crippen molar-refractivity contribution in [1.29, 1.82) is 0 Å². The maximum atomic E-state index is 5.87. The molecule has 0 bridgehead atoms. The highest BCUT2D eigenvalue weighted by Crippen LogP contribution is 2.16. The van der Waals surface area contributed by atoms with Gasteiger partial charge in [-0.3, -0.25) is 4.98 Å². The van der Waals surface area contributed by atoms with Gasteiger partial charge >= 0.3 is 0 Å². The summed E-state index contributed by atoms with van der Waals surface area (Å²) in [4.78, 5) is 4.49. The molecule has 0 amide bonds. The van der Waals surface area contributed by atoms with Gasteiger partial charge in [-0.15, -0.1) is 11.6 Å². The van der Waals surface area contributed by atoms with Gasteiger partial charge in [-0.25, -0.2) is 0 Å². The SMILES string of the molecule is CCCC(CCCl)CNCc1cccc2cccnc12. The number of rotatable bonds is 8. The van der Waals surface area contributed by atoms with Crippen LogP contribution in [0.15, 0.2) is 36.5 Å². The average Bonchev–Trinajstić information content (AvgIpc) is 2.48. The van der Waals surface area contributed by atoms with Gasteiger partial charge in [0.05, 0.1) is 5.52 Å². The van der Waals surface area contributed by atoms with Gasteiger partial charge in [-0.1, -0.05) is 37.6 Å². The van der Waals surface area contributed by atoms with E-state index in [1.807, 2.05) is 12.3 Å². The van der Waals surface area contributed by atoms with Crippen LogP contribution in [0.5, 0.6) is 0 Å². The number of fused-ring (bicyclic) bond motifs is 1. The van der Waals surface area contributed by atoms with E-state index >= 15 is 0 Å². The molecule has 3 heteroatoms. The molecular formula is C17H23ClN2. The van der Waals surface area contributed by atoms with Crippen molar-refractivity contribution in [1.82, 2.24) is 10.3 Å². The summed E-state index contributed by atoms with van der Waals surface area (Å²) < 4.78 is 0. The lowest BCUT2D eigenvalue weighted by atomic mass is 10.0. The Kier molecular flexibility index (Phi) is 6.28. The Hall–Kier alpha value is -1.12. The number of pyridine rings is 1. The first-order valence-electron chi connectivity index (χ1n) is 7.44. The van der Waals surface area contributed by atoms with Crippen molar-refractivity contribution in [2.45, 2.75) is 32.7 Å². The molecule has 1 N–H and O–H groups in total. The van der Waals surface area contributed by atoms with Crippen LogP contribution < -0.4 is 5.32 Å². The van der Waals surface area contributed by atoms with Crippen molar-refractivity contribution in [3.8, 4) is 0 Å². The molecule has 0 saturated carbocycles. The first-order chi connectivity index (χ1) is 9.85. The topological polar surface area (TPSA) is 24.9 Å². The number of benzene rings is 1. The first-order valence-corrected chi connectivity index (χ1v) is 7.98. The molecule has 0 aliphatic rings. The molecule has 20 heavy (non-hydrogen) atoms. The zero-order valence-corrected chi connectivity index (χ0v) is 12.9.